The van der Waals surface area contributed by atoms with E-state index < -0.39 is 0 Å². The summed E-state index contributed by atoms with van der Waals surface area (Å²) in [6.07, 6.45) is 12.2. The predicted octanol–water partition coefficient (Wildman–Crippen LogP) is 4.59. The Labute approximate surface area is 127 Å². The van der Waals surface area contributed by atoms with Gasteiger partial charge in [-0.1, -0.05) is 47.0 Å². The summed E-state index contributed by atoms with van der Waals surface area (Å²) in [5.41, 5.74) is 0. The standard InChI is InChI=1S/C18H38N2/c1-5-12-17(19-14-6-2)18(8-4)20-15-11-9-10-13-16(20)7-3/h16-19H,5-15H2,1-4H3. The number of nitrogens with one attached hydrogen (secondary N) is 1. The van der Waals surface area contributed by atoms with Crippen molar-refractivity contribution in [3.63, 3.8) is 0 Å². The van der Waals surface area contributed by atoms with Crippen LogP contribution in [0.5, 0.6) is 0 Å². The fourth-order valence-corrected chi connectivity index (χ4v) is 3.90. The highest BCUT2D eigenvalue weighted by molar-refractivity contribution is 4.88. The molecular formula is C18H38N2. The van der Waals surface area contributed by atoms with Crippen molar-refractivity contribution in [2.75, 3.05) is 13.1 Å². The largest absolute Gasteiger partial charge is 0.312 e. The number of likely N-dealkylation sites (tertiary alicyclic amines) is 1. The summed E-state index contributed by atoms with van der Waals surface area (Å²) in [7, 11) is 0. The van der Waals surface area contributed by atoms with Crippen LogP contribution in [0.1, 0.15) is 85.5 Å². The highest BCUT2D eigenvalue weighted by atomic mass is 15.2. The van der Waals surface area contributed by atoms with Gasteiger partial charge in [-0.15, -0.1) is 0 Å². The average molecular weight is 283 g/mol. The first kappa shape index (κ1) is 18.0. The van der Waals surface area contributed by atoms with Crippen LogP contribution in [-0.4, -0.2) is 36.1 Å². The Morgan fingerprint density at radius 3 is 2.45 bits per heavy atom. The summed E-state index contributed by atoms with van der Waals surface area (Å²) in [4.78, 5) is 2.87. The minimum absolute atomic E-state index is 0.692. The monoisotopic (exact) mass is 282 g/mol. The van der Waals surface area contributed by atoms with Crippen LogP contribution in [0.2, 0.25) is 0 Å². The van der Waals surface area contributed by atoms with Crippen molar-refractivity contribution in [2.24, 2.45) is 0 Å². The Kier molecular flexibility index (Phi) is 9.54. The van der Waals surface area contributed by atoms with Gasteiger partial charge in [0.1, 0.15) is 0 Å². The molecule has 0 aromatic heterocycles. The molecule has 3 unspecified atom stereocenters. The van der Waals surface area contributed by atoms with E-state index in [0.29, 0.717) is 6.04 Å². The highest BCUT2D eigenvalue weighted by Gasteiger charge is 2.30. The van der Waals surface area contributed by atoms with Crippen LogP contribution in [0.4, 0.5) is 0 Å². The van der Waals surface area contributed by atoms with E-state index in [1.54, 1.807) is 0 Å². The maximum atomic E-state index is 3.84. The van der Waals surface area contributed by atoms with E-state index in [1.165, 1.54) is 70.9 Å². The molecule has 1 rings (SSSR count). The van der Waals surface area contributed by atoms with Gasteiger partial charge in [0.15, 0.2) is 0 Å². The fraction of sp³-hybridized carbons (Fsp3) is 1.00. The van der Waals surface area contributed by atoms with Crippen molar-refractivity contribution >= 4 is 0 Å². The molecule has 0 saturated carbocycles. The Bertz CT molecular complexity index is 229. The maximum Gasteiger partial charge on any atom is 0.0249 e. The Morgan fingerprint density at radius 2 is 1.85 bits per heavy atom. The maximum absolute atomic E-state index is 3.84. The molecule has 2 heteroatoms. The van der Waals surface area contributed by atoms with Crippen LogP contribution in [0, 0.1) is 0 Å². The van der Waals surface area contributed by atoms with Gasteiger partial charge in [-0.2, -0.15) is 0 Å². The second-order valence-corrected chi connectivity index (χ2v) is 6.47. The molecular weight excluding hydrogens is 244 g/mol. The molecule has 2 nitrogen and oxygen atoms in total. The van der Waals surface area contributed by atoms with Gasteiger partial charge < -0.3 is 5.32 Å². The molecule has 1 heterocycles. The molecule has 0 aromatic rings. The molecule has 0 amide bonds. The molecule has 1 aliphatic rings. The third kappa shape index (κ3) is 5.37. The molecule has 1 N–H and O–H groups in total. The second kappa shape index (κ2) is 10.6. The molecule has 1 fully saturated rings. The smallest absolute Gasteiger partial charge is 0.0249 e. The number of hydrogen-bond acceptors (Lipinski definition) is 2. The SMILES string of the molecule is CCCNC(CCC)C(CC)N1CCCCCC1CC. The van der Waals surface area contributed by atoms with Crippen molar-refractivity contribution in [1.82, 2.24) is 10.2 Å². The minimum Gasteiger partial charge on any atom is -0.312 e. The lowest BCUT2D eigenvalue weighted by atomic mass is 9.96. The Balaban J connectivity index is 2.75. The second-order valence-electron chi connectivity index (χ2n) is 6.47. The van der Waals surface area contributed by atoms with E-state index in [1.807, 2.05) is 0 Å². The summed E-state index contributed by atoms with van der Waals surface area (Å²) < 4.78 is 0. The van der Waals surface area contributed by atoms with Gasteiger partial charge in [0.25, 0.3) is 0 Å². The van der Waals surface area contributed by atoms with Crippen LogP contribution in [-0.2, 0) is 0 Å². The number of nitrogens with zero attached hydrogens (tertiary/aromatic N) is 1. The molecule has 0 spiro atoms. The van der Waals surface area contributed by atoms with Crippen LogP contribution in [0.15, 0.2) is 0 Å². The molecule has 0 aliphatic carbocycles. The lowest BCUT2D eigenvalue weighted by Crippen LogP contribution is -2.53. The van der Waals surface area contributed by atoms with E-state index in [0.717, 1.165) is 12.1 Å². The number of hydrogen-bond donors (Lipinski definition) is 1. The van der Waals surface area contributed by atoms with E-state index in [4.69, 9.17) is 0 Å². The summed E-state index contributed by atoms with van der Waals surface area (Å²) in [6, 6.07) is 2.26. The molecule has 1 saturated heterocycles. The Hall–Kier alpha value is -0.0800. The third-order valence-electron chi connectivity index (χ3n) is 4.96. The van der Waals surface area contributed by atoms with Crippen molar-refractivity contribution in [2.45, 2.75) is 104 Å². The van der Waals surface area contributed by atoms with E-state index in [2.05, 4.69) is 37.9 Å². The predicted molar refractivity (Wildman–Crippen MR) is 90.3 cm³/mol. The molecule has 3 atom stereocenters. The molecule has 20 heavy (non-hydrogen) atoms. The van der Waals surface area contributed by atoms with Gasteiger partial charge in [0.05, 0.1) is 0 Å². The van der Waals surface area contributed by atoms with Gasteiger partial charge >= 0.3 is 0 Å². The van der Waals surface area contributed by atoms with E-state index in [9.17, 15) is 0 Å². The van der Waals surface area contributed by atoms with Crippen LogP contribution >= 0.6 is 0 Å². The number of rotatable bonds is 9. The van der Waals surface area contributed by atoms with Crippen LogP contribution < -0.4 is 5.32 Å². The fourth-order valence-electron chi connectivity index (χ4n) is 3.90. The van der Waals surface area contributed by atoms with Gasteiger partial charge in [0, 0.05) is 18.1 Å². The van der Waals surface area contributed by atoms with Crippen molar-refractivity contribution in [3.8, 4) is 0 Å². The lowest BCUT2D eigenvalue weighted by Gasteiger charge is -2.41. The summed E-state index contributed by atoms with van der Waals surface area (Å²) in [6.45, 7) is 11.9. The van der Waals surface area contributed by atoms with E-state index >= 15 is 0 Å². The van der Waals surface area contributed by atoms with Crippen LogP contribution in [0.3, 0.4) is 0 Å². The van der Waals surface area contributed by atoms with Crippen molar-refractivity contribution in [3.05, 3.63) is 0 Å². The lowest BCUT2D eigenvalue weighted by molar-refractivity contribution is 0.0963. The zero-order valence-electron chi connectivity index (χ0n) is 14.5. The zero-order chi connectivity index (χ0) is 14.8. The first-order chi connectivity index (χ1) is 9.78. The third-order valence-corrected chi connectivity index (χ3v) is 4.96. The van der Waals surface area contributed by atoms with E-state index in [-0.39, 0.29) is 0 Å². The van der Waals surface area contributed by atoms with Gasteiger partial charge in [-0.3, -0.25) is 4.90 Å². The normalized spacial score (nSPS) is 24.3. The molecule has 0 bridgehead atoms. The zero-order valence-corrected chi connectivity index (χ0v) is 14.5. The minimum atomic E-state index is 0.692. The molecule has 0 radical (unpaired) electrons. The van der Waals surface area contributed by atoms with Crippen molar-refractivity contribution in [1.29, 1.82) is 0 Å². The topological polar surface area (TPSA) is 15.3 Å². The summed E-state index contributed by atoms with van der Waals surface area (Å²) >= 11 is 0. The van der Waals surface area contributed by atoms with Gasteiger partial charge in [-0.05, 0) is 51.6 Å². The first-order valence-corrected chi connectivity index (χ1v) is 9.27. The van der Waals surface area contributed by atoms with Gasteiger partial charge in [0.2, 0.25) is 0 Å². The summed E-state index contributed by atoms with van der Waals surface area (Å²) in [5.74, 6) is 0. The average Bonchev–Trinajstić information content (AvgIpc) is 2.71. The van der Waals surface area contributed by atoms with Crippen molar-refractivity contribution < 1.29 is 0 Å². The highest BCUT2D eigenvalue weighted by Crippen LogP contribution is 2.25. The Morgan fingerprint density at radius 1 is 1.05 bits per heavy atom. The quantitative estimate of drug-likeness (QED) is 0.665. The summed E-state index contributed by atoms with van der Waals surface area (Å²) in [5, 5.41) is 3.84. The molecule has 1 aliphatic heterocycles. The first-order valence-electron chi connectivity index (χ1n) is 9.27. The van der Waals surface area contributed by atoms with Crippen LogP contribution in [0.25, 0.3) is 0 Å². The molecule has 120 valence electrons. The molecule has 0 aromatic carbocycles. The van der Waals surface area contributed by atoms with Gasteiger partial charge in [-0.25, -0.2) is 0 Å².